The van der Waals surface area contributed by atoms with Crippen molar-refractivity contribution in [3.8, 4) is 5.75 Å². The highest BCUT2D eigenvalue weighted by Gasteiger charge is 2.13. The van der Waals surface area contributed by atoms with E-state index in [0.717, 1.165) is 5.56 Å². The van der Waals surface area contributed by atoms with Gasteiger partial charge in [-0.2, -0.15) is 0 Å². The maximum Gasteiger partial charge on any atom is 0.341 e. The molecule has 0 spiro atoms. The van der Waals surface area contributed by atoms with E-state index in [0.29, 0.717) is 17.9 Å². The van der Waals surface area contributed by atoms with Gasteiger partial charge in [0, 0.05) is 12.3 Å². The Bertz CT molecular complexity index is 676. The Kier molecular flexibility index (Phi) is 4.20. The zero-order valence-corrected chi connectivity index (χ0v) is 11.3. The van der Waals surface area contributed by atoms with E-state index in [1.165, 1.54) is 20.3 Å². The van der Waals surface area contributed by atoms with E-state index in [-0.39, 0.29) is 5.56 Å². The number of nitrogens with zero attached hydrogens (tertiary/aromatic N) is 1. The third kappa shape index (κ3) is 2.88. The fourth-order valence-corrected chi connectivity index (χ4v) is 1.90. The smallest absolute Gasteiger partial charge is 0.341 e. The number of esters is 1. The Hall–Kier alpha value is -2.56. The zero-order valence-electron chi connectivity index (χ0n) is 11.3. The van der Waals surface area contributed by atoms with Gasteiger partial charge in [0.15, 0.2) is 0 Å². The van der Waals surface area contributed by atoms with Crippen molar-refractivity contribution in [1.29, 1.82) is 0 Å². The van der Waals surface area contributed by atoms with Gasteiger partial charge in [-0.15, -0.1) is 0 Å². The first-order valence-corrected chi connectivity index (χ1v) is 6.06. The van der Waals surface area contributed by atoms with Crippen molar-refractivity contribution < 1.29 is 14.3 Å². The van der Waals surface area contributed by atoms with Crippen LogP contribution in [0.5, 0.6) is 5.75 Å². The Morgan fingerprint density at radius 1 is 1.20 bits per heavy atom. The monoisotopic (exact) mass is 273 g/mol. The topological polar surface area (TPSA) is 57.5 Å². The Morgan fingerprint density at radius 3 is 2.65 bits per heavy atom. The molecule has 5 heteroatoms. The lowest BCUT2D eigenvalue weighted by Crippen LogP contribution is -2.18. The summed E-state index contributed by atoms with van der Waals surface area (Å²) in [6, 6.07) is 10.1. The van der Waals surface area contributed by atoms with E-state index in [2.05, 4.69) is 4.74 Å². The minimum absolute atomic E-state index is 0.0801. The molecule has 20 heavy (non-hydrogen) atoms. The Morgan fingerprint density at radius 2 is 2.00 bits per heavy atom. The number of aromatic nitrogens is 1. The molecule has 2 aromatic rings. The van der Waals surface area contributed by atoms with Crippen LogP contribution in [0.15, 0.2) is 47.4 Å². The fourth-order valence-electron chi connectivity index (χ4n) is 1.90. The van der Waals surface area contributed by atoms with Crippen LogP contribution < -0.4 is 10.3 Å². The van der Waals surface area contributed by atoms with E-state index in [1.807, 2.05) is 0 Å². The van der Waals surface area contributed by atoms with Crippen molar-refractivity contribution in [2.24, 2.45) is 0 Å². The van der Waals surface area contributed by atoms with Crippen molar-refractivity contribution in [2.45, 2.75) is 6.54 Å². The van der Waals surface area contributed by atoms with Gasteiger partial charge in [0.1, 0.15) is 11.3 Å². The summed E-state index contributed by atoms with van der Waals surface area (Å²) in [4.78, 5) is 23.2. The van der Waals surface area contributed by atoms with Crippen LogP contribution in [0.25, 0.3) is 0 Å². The summed E-state index contributed by atoms with van der Waals surface area (Å²) in [6.07, 6.45) is 1.71. The molecule has 0 amide bonds. The molecule has 0 bridgehead atoms. The summed E-state index contributed by atoms with van der Waals surface area (Å²) in [6.45, 7) is 0.414. The summed E-state index contributed by atoms with van der Waals surface area (Å²) in [5, 5.41) is 0. The average molecular weight is 273 g/mol. The molecule has 104 valence electrons. The maximum atomic E-state index is 11.7. The molecule has 1 aromatic carbocycles. The normalized spacial score (nSPS) is 10.1. The number of ether oxygens (including phenoxy) is 2. The number of hydrogen-bond donors (Lipinski definition) is 0. The second kappa shape index (κ2) is 6.06. The minimum atomic E-state index is -0.453. The third-order valence-corrected chi connectivity index (χ3v) is 2.92. The lowest BCUT2D eigenvalue weighted by atomic mass is 10.1. The predicted molar refractivity (Wildman–Crippen MR) is 74.1 cm³/mol. The zero-order chi connectivity index (χ0) is 14.5. The molecule has 0 fully saturated rings. The van der Waals surface area contributed by atoms with Gasteiger partial charge in [0.25, 0.3) is 5.56 Å². The van der Waals surface area contributed by atoms with Crippen LogP contribution in [0.2, 0.25) is 0 Å². The first-order valence-electron chi connectivity index (χ1n) is 6.06. The van der Waals surface area contributed by atoms with Crippen molar-refractivity contribution in [2.75, 3.05) is 14.2 Å². The van der Waals surface area contributed by atoms with Gasteiger partial charge < -0.3 is 14.0 Å². The second-order valence-corrected chi connectivity index (χ2v) is 4.19. The highest BCUT2D eigenvalue weighted by molar-refractivity contribution is 5.92. The predicted octanol–water partition coefficient (Wildman–Crippen LogP) is 1.69. The number of rotatable bonds is 4. The van der Waals surface area contributed by atoms with E-state index >= 15 is 0 Å². The minimum Gasteiger partial charge on any atom is -0.496 e. The fraction of sp³-hybridized carbons (Fsp3) is 0.200. The number of hydrogen-bond acceptors (Lipinski definition) is 4. The molecule has 0 saturated heterocycles. The summed E-state index contributed by atoms with van der Waals surface area (Å²) in [5.41, 5.74) is 1.14. The molecule has 0 atom stereocenters. The van der Waals surface area contributed by atoms with Gasteiger partial charge >= 0.3 is 5.97 Å². The molecule has 0 N–H and O–H groups in total. The molecule has 0 aliphatic rings. The first kappa shape index (κ1) is 13.9. The molecule has 0 aliphatic heterocycles. The van der Waals surface area contributed by atoms with E-state index < -0.39 is 5.97 Å². The van der Waals surface area contributed by atoms with Crippen molar-refractivity contribution >= 4 is 5.97 Å². The van der Waals surface area contributed by atoms with Crippen LogP contribution in [-0.2, 0) is 11.3 Å². The molecule has 1 heterocycles. The number of benzene rings is 1. The molecule has 2 rings (SSSR count). The third-order valence-electron chi connectivity index (χ3n) is 2.92. The van der Waals surface area contributed by atoms with E-state index in [4.69, 9.17) is 4.74 Å². The largest absolute Gasteiger partial charge is 0.496 e. The van der Waals surface area contributed by atoms with Gasteiger partial charge in [-0.25, -0.2) is 4.79 Å². The quantitative estimate of drug-likeness (QED) is 0.795. The summed E-state index contributed by atoms with van der Waals surface area (Å²) >= 11 is 0. The van der Waals surface area contributed by atoms with Gasteiger partial charge in [0.05, 0.1) is 20.8 Å². The van der Waals surface area contributed by atoms with Gasteiger partial charge in [-0.3, -0.25) is 4.79 Å². The SMILES string of the molecule is COC(=O)c1ccc(Cn2ccccc2=O)cc1OC. The van der Waals surface area contributed by atoms with Crippen LogP contribution in [0.4, 0.5) is 0 Å². The number of carbonyl (C=O) groups is 1. The standard InChI is InChI=1S/C15H15NO4/c1-19-13-9-11(6-7-12(13)15(18)20-2)10-16-8-4-3-5-14(16)17/h3-9H,10H2,1-2H3. The molecule has 0 saturated carbocycles. The number of carbonyl (C=O) groups excluding carboxylic acids is 1. The van der Waals surface area contributed by atoms with Crippen LogP contribution in [-0.4, -0.2) is 24.8 Å². The van der Waals surface area contributed by atoms with Crippen LogP contribution in [0, 0.1) is 0 Å². The highest BCUT2D eigenvalue weighted by Crippen LogP contribution is 2.21. The van der Waals surface area contributed by atoms with E-state index in [9.17, 15) is 9.59 Å². The number of methoxy groups -OCH3 is 2. The molecular formula is C15H15NO4. The van der Waals surface area contributed by atoms with Crippen molar-refractivity contribution in [3.05, 3.63) is 64.1 Å². The summed E-state index contributed by atoms with van der Waals surface area (Å²) in [5.74, 6) is -0.0244. The lowest BCUT2D eigenvalue weighted by molar-refractivity contribution is 0.0597. The van der Waals surface area contributed by atoms with Gasteiger partial charge in [0.2, 0.25) is 0 Å². The van der Waals surface area contributed by atoms with E-state index in [1.54, 1.807) is 41.1 Å². The van der Waals surface area contributed by atoms with Gasteiger partial charge in [-0.05, 0) is 23.8 Å². The van der Waals surface area contributed by atoms with Crippen molar-refractivity contribution in [1.82, 2.24) is 4.57 Å². The summed E-state index contributed by atoms with van der Waals surface area (Å²) < 4.78 is 11.4. The Labute approximate surface area is 116 Å². The first-order chi connectivity index (χ1) is 9.65. The van der Waals surface area contributed by atoms with Crippen LogP contribution >= 0.6 is 0 Å². The molecule has 0 unspecified atom stereocenters. The number of pyridine rings is 1. The van der Waals surface area contributed by atoms with Crippen LogP contribution in [0.3, 0.4) is 0 Å². The Balaban J connectivity index is 2.33. The maximum absolute atomic E-state index is 11.7. The average Bonchev–Trinajstić information content (AvgIpc) is 2.48. The van der Waals surface area contributed by atoms with Crippen molar-refractivity contribution in [3.63, 3.8) is 0 Å². The molecular weight excluding hydrogens is 258 g/mol. The highest BCUT2D eigenvalue weighted by atomic mass is 16.5. The molecule has 0 radical (unpaired) electrons. The van der Waals surface area contributed by atoms with Gasteiger partial charge in [-0.1, -0.05) is 12.1 Å². The van der Waals surface area contributed by atoms with Crippen LogP contribution in [0.1, 0.15) is 15.9 Å². The summed E-state index contributed by atoms with van der Waals surface area (Å²) in [7, 11) is 2.81. The molecule has 0 aliphatic carbocycles. The second-order valence-electron chi connectivity index (χ2n) is 4.19. The molecule has 1 aromatic heterocycles. The molecule has 5 nitrogen and oxygen atoms in total. The lowest BCUT2D eigenvalue weighted by Gasteiger charge is -2.10.